The lowest BCUT2D eigenvalue weighted by Crippen LogP contribution is -2.42. The highest BCUT2D eigenvalue weighted by molar-refractivity contribution is 7.92. The zero-order valence-corrected chi connectivity index (χ0v) is 74.2. The Bertz CT molecular complexity index is 3330. The number of sulfone groups is 4. The quantitative estimate of drug-likeness (QED) is 0.149. The SMILES string of the molecule is CC(=O)C(C)(C)C1CCC(N(C)C)CC1.CC(=O)C(C)(C)[C@@H]1CCCN(C)C1.CC(=O)C(C)(C)[C@@H]1CCCNC1.CC(=O)C(C)(C)[C@H]1CCCN(C)C1.CC(=O)C(C)(C)[C@H]1CCCNC1.CC(C)(C1CCCCC1)S(C)(=O)=O.CS(=O)(=O)C1CC1.CS(=O)(=O)Cc1ccccc1.CS(=O)(=O)c1ccccc1. The lowest BCUT2D eigenvalue weighted by molar-refractivity contribution is -0.129. The highest BCUT2D eigenvalue weighted by atomic mass is 32.2. The summed E-state index contributed by atoms with van der Waals surface area (Å²) in [6.07, 6.45) is 27.3. The van der Waals surface area contributed by atoms with Crippen molar-refractivity contribution >= 4 is 68.3 Å². The molecular formula is C84H151N5O13S4. The van der Waals surface area contributed by atoms with Crippen LogP contribution in [-0.4, -0.2) is 199 Å². The number of benzene rings is 2. The topological polar surface area (TPSA) is 256 Å². The minimum absolute atomic E-state index is 0.0208. The molecule has 0 aromatic heterocycles. The van der Waals surface area contributed by atoms with E-state index in [1.54, 1.807) is 77.1 Å². The maximum absolute atomic E-state index is 11.6. The lowest BCUT2D eigenvalue weighted by Gasteiger charge is -2.39. The number of piperidine rings is 4. The maximum Gasteiger partial charge on any atom is 0.175 e. The molecule has 4 saturated heterocycles. The van der Waals surface area contributed by atoms with E-state index in [-0.39, 0.29) is 38.1 Å². The van der Waals surface area contributed by atoms with Crippen LogP contribution in [0.2, 0.25) is 0 Å². The summed E-state index contributed by atoms with van der Waals surface area (Å²) in [6.45, 7) is 41.9. The van der Waals surface area contributed by atoms with Gasteiger partial charge in [-0.25, -0.2) is 33.7 Å². The van der Waals surface area contributed by atoms with Crippen molar-refractivity contribution in [2.24, 2.45) is 62.6 Å². The summed E-state index contributed by atoms with van der Waals surface area (Å²) in [4.78, 5) is 64.5. The van der Waals surface area contributed by atoms with Gasteiger partial charge in [0.2, 0.25) is 0 Å². The highest BCUT2D eigenvalue weighted by Crippen LogP contribution is 2.41. The van der Waals surface area contributed by atoms with Crippen LogP contribution < -0.4 is 10.6 Å². The van der Waals surface area contributed by atoms with Crippen LogP contribution in [0.4, 0.5) is 0 Å². The van der Waals surface area contributed by atoms with E-state index in [1.165, 1.54) is 134 Å². The molecule has 0 bridgehead atoms. The van der Waals surface area contributed by atoms with Crippen molar-refractivity contribution in [3.8, 4) is 0 Å². The normalized spacial score (nSPS) is 22.5. The molecule has 3 saturated carbocycles. The van der Waals surface area contributed by atoms with E-state index in [4.69, 9.17) is 0 Å². The van der Waals surface area contributed by atoms with Gasteiger partial charge in [0.15, 0.2) is 29.5 Å². The average molecular weight is 1570 g/mol. The number of rotatable bonds is 17. The van der Waals surface area contributed by atoms with Crippen LogP contribution >= 0.6 is 0 Å². The minimum atomic E-state index is -3.00. The zero-order chi connectivity index (χ0) is 81.7. The molecule has 2 aromatic carbocycles. The summed E-state index contributed by atoms with van der Waals surface area (Å²) in [7, 11) is -2.82. The molecule has 7 fully saturated rings. The highest BCUT2D eigenvalue weighted by Gasteiger charge is 2.42. The van der Waals surface area contributed by atoms with E-state index < -0.39 is 44.1 Å². The Morgan fingerprint density at radius 3 is 1.01 bits per heavy atom. The third kappa shape index (κ3) is 36.3. The third-order valence-corrected chi connectivity index (χ3v) is 30.9. The molecule has 9 rings (SSSR count). The maximum atomic E-state index is 11.6. The number of hydrogen-bond acceptors (Lipinski definition) is 18. The van der Waals surface area contributed by atoms with Crippen molar-refractivity contribution in [2.75, 3.05) is 106 Å². The largest absolute Gasteiger partial charge is 0.316 e. The van der Waals surface area contributed by atoms with Crippen LogP contribution in [0.5, 0.6) is 0 Å². The smallest absolute Gasteiger partial charge is 0.175 e. The second-order valence-electron chi connectivity index (χ2n) is 35.5. The fraction of sp³-hybridized carbons (Fsp3) is 0.798. The van der Waals surface area contributed by atoms with Crippen molar-refractivity contribution in [3.63, 3.8) is 0 Å². The van der Waals surface area contributed by atoms with Crippen molar-refractivity contribution < 1.29 is 57.6 Å². The molecule has 0 radical (unpaired) electrons. The van der Waals surface area contributed by atoms with Gasteiger partial charge in [-0.2, -0.15) is 0 Å². The molecule has 7 aliphatic rings. The number of hydrogen-bond donors (Lipinski definition) is 2. The molecule has 18 nitrogen and oxygen atoms in total. The summed E-state index contributed by atoms with van der Waals surface area (Å²) in [6, 6.07) is 18.2. The second kappa shape index (κ2) is 45.2. The number of carbonyl (C=O) groups is 5. The molecule has 4 heterocycles. The molecule has 0 spiro atoms. The van der Waals surface area contributed by atoms with Gasteiger partial charge >= 0.3 is 0 Å². The van der Waals surface area contributed by atoms with Crippen LogP contribution in [-0.2, 0) is 69.1 Å². The average Bonchev–Trinajstić information content (AvgIpc) is 1.35. The molecule has 4 atom stereocenters. The van der Waals surface area contributed by atoms with E-state index >= 15 is 0 Å². The lowest BCUT2D eigenvalue weighted by atomic mass is 9.68. The number of carbonyl (C=O) groups excluding carboxylic acids is 5. The first-order valence-corrected chi connectivity index (χ1v) is 47.1. The van der Waals surface area contributed by atoms with Crippen LogP contribution in [0.15, 0.2) is 65.6 Å². The first-order chi connectivity index (χ1) is 48.5. The van der Waals surface area contributed by atoms with E-state index in [2.05, 4.69) is 123 Å². The molecule has 0 unspecified atom stereocenters. The Morgan fingerprint density at radius 2 is 0.745 bits per heavy atom. The van der Waals surface area contributed by atoms with E-state index in [0.717, 1.165) is 76.6 Å². The number of nitrogens with zero attached hydrogens (tertiary/aromatic N) is 3. The first-order valence-electron chi connectivity index (χ1n) is 39.3. The van der Waals surface area contributed by atoms with Gasteiger partial charge < -0.3 is 25.3 Å². The summed E-state index contributed by atoms with van der Waals surface area (Å²) < 4.78 is 86.6. The summed E-state index contributed by atoms with van der Waals surface area (Å²) in [5.41, 5.74) is 0.205. The number of likely N-dealkylation sites (tertiary alicyclic amines) is 2. The molecule has 106 heavy (non-hydrogen) atoms. The van der Waals surface area contributed by atoms with Crippen LogP contribution in [0.25, 0.3) is 0 Å². The fourth-order valence-corrected chi connectivity index (χ4v) is 17.6. The standard InChI is InChI=1S/C13H25NO.2C11H21NO.2C10H19NO.C10H20O2S.C8H10O2S.C7H8O2S.C4H8O2S/c1-10(15)13(2,3)11-6-8-12(9-7-11)14(4)5;2*1-9(13)11(2,3)10-6-5-7-12(4)8-10;2*1-8(12)10(2,3)9-5-4-6-11-7-9;1-10(2,13(3,11)12)9-7-5-4-6-8-9;1-11(9,10)7-8-5-3-2-4-6-8;1-10(8,9)7-5-3-2-4-6-7;1-7(5,6)4-2-3-4/h11-12H,6-9H2,1-5H3;2*10H,5-8H2,1-4H3;2*9,11H,4-7H2,1-3H3;9H,4-8H2,1-3H3;2-6H,7H2,1H3;2-6H,1H3;4H,2-3H2,1H3/t;2*10-;2*9-;;;;/m.1010..../s1. The molecule has 2 aromatic rings. The predicted octanol–water partition coefficient (Wildman–Crippen LogP) is 14.7. The molecule has 0 amide bonds. The van der Waals surface area contributed by atoms with Gasteiger partial charge in [0.05, 0.1) is 20.6 Å². The minimum Gasteiger partial charge on any atom is -0.316 e. The summed E-state index contributed by atoms with van der Waals surface area (Å²) >= 11 is 0. The van der Waals surface area contributed by atoms with Gasteiger partial charge in [0.1, 0.15) is 38.8 Å². The van der Waals surface area contributed by atoms with Crippen LogP contribution in [0.1, 0.15) is 245 Å². The van der Waals surface area contributed by atoms with Crippen LogP contribution in [0, 0.1) is 62.6 Å². The van der Waals surface area contributed by atoms with Crippen LogP contribution in [0.3, 0.4) is 0 Å². The Kier molecular flexibility index (Phi) is 42.8. The number of Topliss-reactive ketones (excluding diaryl/α,β-unsaturated/α-hetero) is 5. The van der Waals surface area contributed by atoms with Crippen molar-refractivity contribution in [2.45, 2.75) is 266 Å². The zero-order valence-electron chi connectivity index (χ0n) is 71.0. The summed E-state index contributed by atoms with van der Waals surface area (Å²) in [5, 5.41) is 6.71. The Morgan fingerprint density at radius 1 is 0.415 bits per heavy atom. The van der Waals surface area contributed by atoms with Gasteiger partial charge in [-0.1, -0.05) is 137 Å². The monoisotopic (exact) mass is 1570 g/mol. The van der Waals surface area contributed by atoms with Gasteiger partial charge in [0.25, 0.3) is 0 Å². The molecule has 614 valence electrons. The van der Waals surface area contributed by atoms with E-state index in [1.807, 2.05) is 32.0 Å². The number of ketones is 5. The fourth-order valence-electron chi connectivity index (χ4n) is 14.3. The molecule has 3 aliphatic carbocycles. The van der Waals surface area contributed by atoms with E-state index in [9.17, 15) is 57.6 Å². The first kappa shape index (κ1) is 100. The van der Waals surface area contributed by atoms with E-state index in [0.29, 0.717) is 69.3 Å². The number of nitrogens with one attached hydrogen (secondary N) is 2. The Labute approximate surface area is 647 Å². The predicted molar refractivity (Wildman–Crippen MR) is 441 cm³/mol. The van der Waals surface area contributed by atoms with Gasteiger partial charge in [-0.05, 0) is 272 Å². The summed E-state index contributed by atoms with van der Waals surface area (Å²) in [5.74, 6) is 4.87. The molecular weight excluding hydrogens is 1420 g/mol. The Balaban J connectivity index is 0.000000599. The Hall–Kier alpha value is -3.61. The van der Waals surface area contributed by atoms with Crippen molar-refractivity contribution in [1.82, 2.24) is 25.3 Å². The molecule has 2 N–H and O–H groups in total. The van der Waals surface area contributed by atoms with Gasteiger partial charge in [0, 0.05) is 71.2 Å². The third-order valence-electron chi connectivity index (χ3n) is 25.0. The van der Waals surface area contributed by atoms with Gasteiger partial charge in [-0.3, -0.25) is 24.0 Å². The molecule has 4 aliphatic heterocycles. The van der Waals surface area contributed by atoms with Crippen molar-refractivity contribution in [1.29, 1.82) is 0 Å². The van der Waals surface area contributed by atoms with Gasteiger partial charge in [-0.15, -0.1) is 0 Å². The van der Waals surface area contributed by atoms with Crippen molar-refractivity contribution in [3.05, 3.63) is 66.2 Å². The second-order valence-corrected chi connectivity index (χ2v) is 44.6. The molecule has 22 heteroatoms.